The Balaban J connectivity index is 1.68. The maximum absolute atomic E-state index is 12.5. The molecular formula is C19H16ClN3O3S. The van der Waals surface area contributed by atoms with E-state index in [1.165, 1.54) is 12.1 Å². The number of carbonyl (C=O) groups is 2. The van der Waals surface area contributed by atoms with Crippen LogP contribution in [0, 0.1) is 6.92 Å². The maximum Gasteiger partial charge on any atom is 0.255 e. The van der Waals surface area contributed by atoms with Gasteiger partial charge in [0.1, 0.15) is 12.4 Å². The summed E-state index contributed by atoms with van der Waals surface area (Å²) in [6.07, 6.45) is 0. The molecule has 3 rings (SSSR count). The van der Waals surface area contributed by atoms with Gasteiger partial charge in [-0.3, -0.25) is 9.59 Å². The SMILES string of the molecule is Cc1nc(COc2cccc(C(=O)Nc3ccc(C(N)=O)c(Cl)c3)c2)cs1. The minimum Gasteiger partial charge on any atom is -0.487 e. The van der Waals surface area contributed by atoms with E-state index in [1.807, 2.05) is 12.3 Å². The first-order valence-corrected chi connectivity index (χ1v) is 9.22. The van der Waals surface area contributed by atoms with Gasteiger partial charge in [0.05, 0.1) is 21.3 Å². The van der Waals surface area contributed by atoms with Crippen LogP contribution >= 0.6 is 22.9 Å². The van der Waals surface area contributed by atoms with Crippen LogP contribution in [0.25, 0.3) is 0 Å². The third kappa shape index (κ3) is 4.84. The van der Waals surface area contributed by atoms with Crippen molar-refractivity contribution in [3.05, 3.63) is 74.7 Å². The number of amides is 2. The fourth-order valence-electron chi connectivity index (χ4n) is 2.35. The number of primary amides is 1. The molecule has 8 heteroatoms. The van der Waals surface area contributed by atoms with Crippen molar-refractivity contribution >= 4 is 40.4 Å². The predicted octanol–water partition coefficient (Wildman–Crippen LogP) is 4.04. The number of nitrogens with zero attached hydrogens (tertiary/aromatic N) is 1. The van der Waals surface area contributed by atoms with Crippen molar-refractivity contribution in [2.24, 2.45) is 5.73 Å². The minimum absolute atomic E-state index is 0.177. The van der Waals surface area contributed by atoms with E-state index in [-0.39, 0.29) is 16.5 Å². The zero-order chi connectivity index (χ0) is 19.4. The van der Waals surface area contributed by atoms with Crippen molar-refractivity contribution in [2.45, 2.75) is 13.5 Å². The number of carbonyl (C=O) groups excluding carboxylic acids is 2. The molecule has 1 aromatic heterocycles. The summed E-state index contributed by atoms with van der Waals surface area (Å²) in [5.74, 6) is -0.388. The van der Waals surface area contributed by atoms with Gasteiger partial charge in [0, 0.05) is 16.6 Å². The molecule has 27 heavy (non-hydrogen) atoms. The molecule has 0 bridgehead atoms. The molecule has 6 nitrogen and oxygen atoms in total. The summed E-state index contributed by atoms with van der Waals surface area (Å²) in [4.78, 5) is 28.0. The molecule has 0 atom stereocenters. The van der Waals surface area contributed by atoms with Crippen molar-refractivity contribution in [1.82, 2.24) is 4.98 Å². The topological polar surface area (TPSA) is 94.3 Å². The highest BCUT2D eigenvalue weighted by Crippen LogP contribution is 2.22. The second kappa shape index (κ2) is 8.20. The van der Waals surface area contributed by atoms with Gasteiger partial charge in [0.2, 0.25) is 5.91 Å². The van der Waals surface area contributed by atoms with Gasteiger partial charge in [0.25, 0.3) is 5.91 Å². The molecule has 0 unspecified atom stereocenters. The van der Waals surface area contributed by atoms with Crippen molar-refractivity contribution in [2.75, 3.05) is 5.32 Å². The van der Waals surface area contributed by atoms with Gasteiger partial charge < -0.3 is 15.8 Å². The second-order valence-corrected chi connectivity index (χ2v) is 7.16. The van der Waals surface area contributed by atoms with Crippen molar-refractivity contribution < 1.29 is 14.3 Å². The zero-order valence-corrected chi connectivity index (χ0v) is 15.9. The summed E-state index contributed by atoms with van der Waals surface area (Å²) >= 11 is 7.56. The summed E-state index contributed by atoms with van der Waals surface area (Å²) in [6.45, 7) is 2.26. The summed E-state index contributed by atoms with van der Waals surface area (Å²) in [7, 11) is 0. The molecule has 2 amide bonds. The van der Waals surface area contributed by atoms with Crippen LogP contribution in [0.5, 0.6) is 5.75 Å². The number of benzene rings is 2. The van der Waals surface area contributed by atoms with Crippen LogP contribution in [0.4, 0.5) is 5.69 Å². The first-order chi connectivity index (χ1) is 12.9. The largest absolute Gasteiger partial charge is 0.487 e. The quantitative estimate of drug-likeness (QED) is 0.651. The van der Waals surface area contributed by atoms with E-state index in [4.69, 9.17) is 22.1 Å². The van der Waals surface area contributed by atoms with Gasteiger partial charge in [-0.1, -0.05) is 17.7 Å². The average molecular weight is 402 g/mol. The Labute approximate surface area is 164 Å². The highest BCUT2D eigenvalue weighted by atomic mass is 35.5. The Morgan fingerprint density at radius 1 is 1.26 bits per heavy atom. The Morgan fingerprint density at radius 2 is 2.07 bits per heavy atom. The molecule has 138 valence electrons. The number of ether oxygens (including phenoxy) is 1. The van der Waals surface area contributed by atoms with Gasteiger partial charge in [-0.05, 0) is 43.3 Å². The number of nitrogens with one attached hydrogen (secondary N) is 1. The third-order valence-electron chi connectivity index (χ3n) is 3.64. The molecule has 0 spiro atoms. The standard InChI is InChI=1S/C19H16ClN3O3S/c1-11-22-14(10-27-11)9-26-15-4-2-3-12(7-15)19(25)23-13-5-6-16(18(21)24)17(20)8-13/h2-8,10H,9H2,1H3,(H2,21,24)(H,23,25). The van der Waals surface area contributed by atoms with E-state index in [9.17, 15) is 9.59 Å². The fourth-order valence-corrected chi connectivity index (χ4v) is 3.23. The van der Waals surface area contributed by atoms with Gasteiger partial charge in [-0.2, -0.15) is 0 Å². The van der Waals surface area contributed by atoms with Crippen molar-refractivity contribution in [1.29, 1.82) is 0 Å². The molecule has 0 aliphatic carbocycles. The summed E-state index contributed by atoms with van der Waals surface area (Å²) in [5.41, 5.74) is 7.14. The van der Waals surface area contributed by atoms with Gasteiger partial charge in [-0.15, -0.1) is 11.3 Å². The highest BCUT2D eigenvalue weighted by molar-refractivity contribution is 7.09. The maximum atomic E-state index is 12.5. The van der Waals surface area contributed by atoms with Crippen LogP contribution in [-0.4, -0.2) is 16.8 Å². The molecule has 3 N–H and O–H groups in total. The number of thiazole rings is 1. The molecule has 0 radical (unpaired) electrons. The number of aromatic nitrogens is 1. The molecule has 0 aliphatic heterocycles. The lowest BCUT2D eigenvalue weighted by Crippen LogP contribution is -2.14. The smallest absolute Gasteiger partial charge is 0.255 e. The Kier molecular flexibility index (Phi) is 5.73. The van der Waals surface area contributed by atoms with Crippen LogP contribution in [0.3, 0.4) is 0 Å². The lowest BCUT2D eigenvalue weighted by molar-refractivity contribution is 0.0998. The van der Waals surface area contributed by atoms with Crippen LogP contribution in [0.15, 0.2) is 47.8 Å². The monoisotopic (exact) mass is 401 g/mol. The number of hydrogen-bond acceptors (Lipinski definition) is 5. The summed E-state index contributed by atoms with van der Waals surface area (Å²) in [6, 6.07) is 11.3. The first-order valence-electron chi connectivity index (χ1n) is 7.97. The van der Waals surface area contributed by atoms with E-state index in [1.54, 1.807) is 41.7 Å². The van der Waals surface area contributed by atoms with Gasteiger partial charge in [-0.25, -0.2) is 4.98 Å². The number of rotatable bonds is 6. The van der Waals surface area contributed by atoms with Gasteiger partial charge >= 0.3 is 0 Å². The van der Waals surface area contributed by atoms with E-state index in [0.717, 1.165) is 10.7 Å². The molecule has 1 heterocycles. The third-order valence-corrected chi connectivity index (χ3v) is 4.78. The van der Waals surface area contributed by atoms with Crippen LogP contribution in [0.2, 0.25) is 5.02 Å². The Bertz CT molecular complexity index is 1000. The Morgan fingerprint density at radius 3 is 2.74 bits per heavy atom. The van der Waals surface area contributed by atoms with E-state index in [0.29, 0.717) is 23.6 Å². The molecule has 0 saturated carbocycles. The summed E-state index contributed by atoms with van der Waals surface area (Å²) in [5, 5.41) is 5.82. The van der Waals surface area contributed by atoms with Gasteiger partial charge in [0.15, 0.2) is 0 Å². The minimum atomic E-state index is -0.627. The van der Waals surface area contributed by atoms with E-state index < -0.39 is 5.91 Å². The molecule has 0 aliphatic rings. The lowest BCUT2D eigenvalue weighted by Gasteiger charge is -2.09. The fraction of sp³-hybridized carbons (Fsp3) is 0.105. The molecule has 0 saturated heterocycles. The highest BCUT2D eigenvalue weighted by Gasteiger charge is 2.11. The van der Waals surface area contributed by atoms with E-state index >= 15 is 0 Å². The predicted molar refractivity (Wildman–Crippen MR) is 106 cm³/mol. The van der Waals surface area contributed by atoms with Crippen LogP contribution in [0.1, 0.15) is 31.4 Å². The van der Waals surface area contributed by atoms with Crippen molar-refractivity contribution in [3.63, 3.8) is 0 Å². The van der Waals surface area contributed by atoms with Crippen molar-refractivity contribution in [3.8, 4) is 5.75 Å². The average Bonchev–Trinajstić information content (AvgIpc) is 3.05. The summed E-state index contributed by atoms with van der Waals surface area (Å²) < 4.78 is 5.70. The normalized spacial score (nSPS) is 10.4. The lowest BCUT2D eigenvalue weighted by atomic mass is 10.1. The first kappa shape index (κ1) is 18.9. The molecular weight excluding hydrogens is 386 g/mol. The number of anilines is 1. The van der Waals surface area contributed by atoms with E-state index in [2.05, 4.69) is 10.3 Å². The Hall–Kier alpha value is -2.90. The van der Waals surface area contributed by atoms with Crippen LogP contribution in [-0.2, 0) is 6.61 Å². The number of aryl methyl sites for hydroxylation is 1. The molecule has 0 fully saturated rings. The number of halogens is 1. The number of hydrogen-bond donors (Lipinski definition) is 2. The van der Waals surface area contributed by atoms with Crippen LogP contribution < -0.4 is 15.8 Å². The number of nitrogens with two attached hydrogens (primary N) is 1. The molecule has 3 aromatic rings. The zero-order valence-electron chi connectivity index (χ0n) is 14.4. The molecule has 2 aromatic carbocycles. The second-order valence-electron chi connectivity index (χ2n) is 5.69.